The summed E-state index contributed by atoms with van der Waals surface area (Å²) in [4.78, 5) is 0. The van der Waals surface area contributed by atoms with Gasteiger partial charge in [0.15, 0.2) is 0 Å². The van der Waals surface area contributed by atoms with Crippen molar-refractivity contribution in [3.8, 4) is 0 Å². The van der Waals surface area contributed by atoms with Crippen molar-refractivity contribution >= 4 is 0 Å². The van der Waals surface area contributed by atoms with Crippen LogP contribution in [-0.2, 0) is 27.1 Å². The first-order valence-corrected chi connectivity index (χ1v) is 8.75. The van der Waals surface area contributed by atoms with Crippen molar-refractivity contribution in [1.82, 2.24) is 0 Å². The molecular formula is C24H27Cl3Ti. The number of aryl methyl sites for hydroxylation is 2. The van der Waals surface area contributed by atoms with E-state index in [0.717, 1.165) is 0 Å². The quantitative estimate of drug-likeness (QED) is 0.294. The van der Waals surface area contributed by atoms with Crippen molar-refractivity contribution in [2.45, 2.75) is 46.0 Å². The van der Waals surface area contributed by atoms with Crippen molar-refractivity contribution in [3.05, 3.63) is 100 Å². The zero-order chi connectivity index (χ0) is 17.3. The Morgan fingerprint density at radius 3 is 1.57 bits per heavy atom. The third-order valence-corrected chi connectivity index (χ3v) is 4.72. The van der Waals surface area contributed by atoms with E-state index in [1.807, 2.05) is 0 Å². The van der Waals surface area contributed by atoms with Gasteiger partial charge < -0.3 is 37.2 Å². The third-order valence-electron chi connectivity index (χ3n) is 4.72. The number of halogens is 3. The summed E-state index contributed by atoms with van der Waals surface area (Å²) < 4.78 is 0. The Morgan fingerprint density at radius 1 is 0.714 bits per heavy atom. The van der Waals surface area contributed by atoms with Crippen LogP contribution in [0.2, 0.25) is 0 Å². The maximum Gasteiger partial charge on any atom is 4.00 e. The molecule has 0 N–H and O–H groups in total. The van der Waals surface area contributed by atoms with E-state index in [4.69, 9.17) is 0 Å². The molecule has 0 radical (unpaired) electrons. The van der Waals surface area contributed by atoms with Gasteiger partial charge in [-0.1, -0.05) is 80.4 Å². The maximum absolute atomic E-state index is 2.33. The smallest absolute Gasteiger partial charge is 1.00 e. The van der Waals surface area contributed by atoms with Crippen molar-refractivity contribution in [3.63, 3.8) is 0 Å². The minimum Gasteiger partial charge on any atom is -1.00 e. The molecule has 0 aliphatic carbocycles. The molecule has 3 aromatic carbocycles. The van der Waals surface area contributed by atoms with Gasteiger partial charge in [0, 0.05) is 0 Å². The van der Waals surface area contributed by atoms with Gasteiger partial charge in [0.2, 0.25) is 0 Å². The SMILES string of the molecule is Cc1cccc(C(c2cccc(C)c2)[c-]2cccc2C(C)(C)C)c1.[Cl-].[Cl-].[Cl-].[Ti+4]. The Hall–Kier alpha value is -0.626. The third kappa shape index (κ3) is 6.72. The maximum atomic E-state index is 2.33. The zero-order valence-corrected chi connectivity index (χ0v) is 20.9. The Labute approximate surface area is 204 Å². The van der Waals surface area contributed by atoms with Gasteiger partial charge in [0.05, 0.1) is 0 Å². The van der Waals surface area contributed by atoms with Crippen LogP contribution >= 0.6 is 0 Å². The number of hydrogen-bond acceptors (Lipinski definition) is 0. The monoisotopic (exact) mass is 468 g/mol. The number of benzene rings is 2. The van der Waals surface area contributed by atoms with Crippen molar-refractivity contribution < 1.29 is 58.9 Å². The molecule has 0 aliphatic heterocycles. The molecule has 0 aromatic heterocycles. The van der Waals surface area contributed by atoms with E-state index in [1.54, 1.807) is 0 Å². The Bertz CT molecular complexity index is 801. The van der Waals surface area contributed by atoms with Gasteiger partial charge in [0.1, 0.15) is 0 Å². The van der Waals surface area contributed by atoms with Crippen LogP contribution < -0.4 is 37.2 Å². The summed E-state index contributed by atoms with van der Waals surface area (Å²) in [7, 11) is 0. The molecule has 3 rings (SSSR count). The van der Waals surface area contributed by atoms with E-state index in [9.17, 15) is 0 Å². The molecule has 0 unspecified atom stereocenters. The van der Waals surface area contributed by atoms with Crippen LogP contribution in [0, 0.1) is 13.8 Å². The van der Waals surface area contributed by atoms with E-state index in [1.165, 1.54) is 33.4 Å². The number of rotatable bonds is 3. The average molecular weight is 470 g/mol. The second-order valence-corrected chi connectivity index (χ2v) is 7.91. The second-order valence-electron chi connectivity index (χ2n) is 7.91. The van der Waals surface area contributed by atoms with Gasteiger partial charge in [-0.05, 0) is 36.3 Å². The van der Waals surface area contributed by atoms with Gasteiger partial charge >= 0.3 is 21.7 Å². The van der Waals surface area contributed by atoms with E-state index >= 15 is 0 Å². The molecule has 4 heteroatoms. The van der Waals surface area contributed by atoms with E-state index in [2.05, 4.69) is 101 Å². The summed E-state index contributed by atoms with van der Waals surface area (Å²) in [5, 5.41) is 0. The van der Waals surface area contributed by atoms with Gasteiger partial charge in [-0.15, -0.1) is 5.56 Å². The predicted octanol–water partition coefficient (Wildman–Crippen LogP) is -2.49. The van der Waals surface area contributed by atoms with Crippen molar-refractivity contribution in [2.24, 2.45) is 0 Å². The molecule has 0 spiro atoms. The van der Waals surface area contributed by atoms with Crippen LogP contribution in [0.1, 0.15) is 60.1 Å². The Morgan fingerprint density at radius 2 is 1.18 bits per heavy atom. The van der Waals surface area contributed by atoms with Crippen LogP contribution in [0.15, 0.2) is 66.7 Å². The summed E-state index contributed by atoms with van der Waals surface area (Å²) in [5.74, 6) is 0.286. The summed E-state index contributed by atoms with van der Waals surface area (Å²) in [6.45, 7) is 11.2. The standard InChI is InChI=1S/C24H27.3ClH.Ti/c1-17-9-6-11-19(15-17)23(20-12-7-10-18(2)16-20)21-13-8-14-22(21)24(3,4)5;;;;/h6-16,23H,1-5H3;3*1H;/q-1;;;;+4/p-3. The second kappa shape index (κ2) is 12.2. The minimum atomic E-state index is 0. The summed E-state index contributed by atoms with van der Waals surface area (Å²) in [6, 6.07) is 24.7. The van der Waals surface area contributed by atoms with Crippen LogP contribution in [-0.4, -0.2) is 0 Å². The molecule has 148 valence electrons. The molecule has 3 aromatic rings. The molecule has 0 saturated carbocycles. The first-order chi connectivity index (χ1) is 11.4. The average Bonchev–Trinajstić information content (AvgIpc) is 2.97. The Kier molecular flexibility index (Phi) is 12.8. The van der Waals surface area contributed by atoms with Crippen LogP contribution in [0.4, 0.5) is 0 Å². The molecule has 0 nitrogen and oxygen atoms in total. The van der Waals surface area contributed by atoms with Gasteiger partial charge in [-0.3, -0.25) is 0 Å². The fourth-order valence-electron chi connectivity index (χ4n) is 3.62. The minimum absolute atomic E-state index is 0. The molecule has 0 fully saturated rings. The van der Waals surface area contributed by atoms with Gasteiger partial charge in [0.25, 0.3) is 0 Å². The van der Waals surface area contributed by atoms with E-state index in [0.29, 0.717) is 0 Å². The van der Waals surface area contributed by atoms with Crippen LogP contribution in [0.25, 0.3) is 0 Å². The van der Waals surface area contributed by atoms with Crippen LogP contribution in [0.5, 0.6) is 0 Å². The molecule has 0 saturated heterocycles. The molecule has 28 heavy (non-hydrogen) atoms. The largest absolute Gasteiger partial charge is 4.00 e. The molecule has 0 amide bonds. The first-order valence-electron chi connectivity index (χ1n) is 8.75. The summed E-state index contributed by atoms with van der Waals surface area (Å²) in [6.07, 6.45) is 0. The van der Waals surface area contributed by atoms with E-state index in [-0.39, 0.29) is 70.3 Å². The summed E-state index contributed by atoms with van der Waals surface area (Å²) >= 11 is 0. The number of hydrogen-bond donors (Lipinski definition) is 0. The van der Waals surface area contributed by atoms with Crippen molar-refractivity contribution in [2.75, 3.05) is 0 Å². The van der Waals surface area contributed by atoms with Gasteiger partial charge in [-0.25, -0.2) is 12.1 Å². The van der Waals surface area contributed by atoms with Crippen molar-refractivity contribution in [1.29, 1.82) is 0 Å². The fourth-order valence-corrected chi connectivity index (χ4v) is 3.62. The topological polar surface area (TPSA) is 0 Å². The molecule has 0 aliphatic rings. The molecule has 0 atom stereocenters. The molecule has 0 heterocycles. The normalized spacial score (nSPS) is 10.2. The van der Waals surface area contributed by atoms with E-state index < -0.39 is 0 Å². The fraction of sp³-hybridized carbons (Fsp3) is 0.292. The van der Waals surface area contributed by atoms with Gasteiger partial charge in [-0.2, -0.15) is 11.6 Å². The molecular weight excluding hydrogens is 442 g/mol. The predicted molar refractivity (Wildman–Crippen MR) is 104 cm³/mol. The molecule has 0 bridgehead atoms. The Balaban J connectivity index is 0. The summed E-state index contributed by atoms with van der Waals surface area (Å²) in [5.41, 5.74) is 8.39. The zero-order valence-electron chi connectivity index (χ0n) is 17.1. The van der Waals surface area contributed by atoms with Crippen LogP contribution in [0.3, 0.4) is 0 Å². The first kappa shape index (κ1) is 29.6.